The van der Waals surface area contributed by atoms with Crippen LogP contribution in [0.15, 0.2) is 23.4 Å². The van der Waals surface area contributed by atoms with Gasteiger partial charge in [0.25, 0.3) is 5.91 Å². The van der Waals surface area contributed by atoms with Gasteiger partial charge < -0.3 is 24.3 Å². The molecule has 2 amide bonds. The number of carbonyl (C=O) groups excluding carboxylic acids is 3. The molecule has 0 atom stereocenters. The Morgan fingerprint density at radius 1 is 1.17 bits per heavy atom. The first-order valence-corrected chi connectivity index (χ1v) is 12.8. The number of anilines is 1. The normalized spacial score (nSPS) is 10.8. The SMILES string of the molecule is COC(=O)c1c(NC(=O)CSc2nnc(COc3ccc(C)cc3C)n2C)sc(C(=O)N(C)C)c1C. The lowest BCUT2D eigenvalue weighted by molar-refractivity contribution is -0.113. The van der Waals surface area contributed by atoms with Crippen LogP contribution in [0.1, 0.15) is 42.5 Å². The standard InChI is InChI=1S/C24H29N5O5S2/c1-13-8-9-16(14(2)10-13)34-11-17-26-27-24(29(17)6)35-12-18(30)25-21-19(23(32)33-7)15(3)20(36-21)22(31)28(4)5/h8-10H,11-12H2,1-7H3,(H,25,30). The van der Waals surface area contributed by atoms with Crippen LogP contribution in [-0.4, -0.2) is 64.4 Å². The molecule has 3 rings (SSSR count). The van der Waals surface area contributed by atoms with Gasteiger partial charge in [0.05, 0.1) is 23.3 Å². The van der Waals surface area contributed by atoms with E-state index in [-0.39, 0.29) is 34.7 Å². The molecule has 0 spiro atoms. The van der Waals surface area contributed by atoms with Gasteiger partial charge in [0.15, 0.2) is 11.0 Å². The molecule has 192 valence electrons. The average molecular weight is 532 g/mol. The quantitative estimate of drug-likeness (QED) is 0.329. The van der Waals surface area contributed by atoms with Gasteiger partial charge in [-0.1, -0.05) is 29.5 Å². The molecule has 0 radical (unpaired) electrons. The van der Waals surface area contributed by atoms with E-state index in [9.17, 15) is 14.4 Å². The Bertz CT molecular complexity index is 1300. The zero-order valence-electron chi connectivity index (χ0n) is 21.3. The van der Waals surface area contributed by atoms with E-state index in [4.69, 9.17) is 9.47 Å². The van der Waals surface area contributed by atoms with Gasteiger partial charge in [-0.3, -0.25) is 9.59 Å². The summed E-state index contributed by atoms with van der Waals surface area (Å²) in [5, 5.41) is 11.9. The number of rotatable bonds is 9. The number of thioether (sulfide) groups is 1. The van der Waals surface area contributed by atoms with Crippen LogP contribution >= 0.6 is 23.1 Å². The predicted octanol–water partition coefficient (Wildman–Crippen LogP) is 3.60. The van der Waals surface area contributed by atoms with Gasteiger partial charge in [-0.05, 0) is 38.0 Å². The summed E-state index contributed by atoms with van der Waals surface area (Å²) in [5.74, 6) is 0.187. The number of ether oxygens (including phenoxy) is 2. The molecule has 0 saturated heterocycles. The minimum atomic E-state index is -0.619. The fraction of sp³-hybridized carbons (Fsp3) is 0.375. The van der Waals surface area contributed by atoms with Crippen LogP contribution in [0, 0.1) is 20.8 Å². The van der Waals surface area contributed by atoms with Crippen molar-refractivity contribution in [3.63, 3.8) is 0 Å². The van der Waals surface area contributed by atoms with E-state index in [2.05, 4.69) is 15.5 Å². The fourth-order valence-electron chi connectivity index (χ4n) is 3.35. The summed E-state index contributed by atoms with van der Waals surface area (Å²) in [7, 11) is 6.30. The Labute approximate surface area is 218 Å². The van der Waals surface area contributed by atoms with Gasteiger partial charge >= 0.3 is 5.97 Å². The second-order valence-corrected chi connectivity index (χ2v) is 10.3. The lowest BCUT2D eigenvalue weighted by Gasteiger charge is -2.09. The molecule has 0 aliphatic carbocycles. The van der Waals surface area contributed by atoms with Crippen molar-refractivity contribution in [2.45, 2.75) is 32.5 Å². The third-order valence-electron chi connectivity index (χ3n) is 5.33. The van der Waals surface area contributed by atoms with Crippen LogP contribution in [-0.2, 0) is 23.2 Å². The number of methoxy groups -OCH3 is 1. The topological polar surface area (TPSA) is 116 Å². The summed E-state index contributed by atoms with van der Waals surface area (Å²) >= 11 is 2.25. The fourth-order valence-corrected chi connectivity index (χ4v) is 5.31. The van der Waals surface area contributed by atoms with Crippen molar-refractivity contribution in [3.8, 4) is 5.75 Å². The second-order valence-electron chi connectivity index (χ2n) is 8.30. The van der Waals surface area contributed by atoms with E-state index >= 15 is 0 Å². The number of aryl methyl sites for hydroxylation is 2. The number of hydrogen-bond acceptors (Lipinski definition) is 9. The number of carbonyl (C=O) groups is 3. The number of nitrogens with zero attached hydrogens (tertiary/aromatic N) is 4. The van der Waals surface area contributed by atoms with Crippen LogP contribution < -0.4 is 10.1 Å². The van der Waals surface area contributed by atoms with E-state index < -0.39 is 5.97 Å². The highest BCUT2D eigenvalue weighted by molar-refractivity contribution is 7.99. The molecule has 10 nitrogen and oxygen atoms in total. The Hall–Kier alpha value is -3.38. The van der Waals surface area contributed by atoms with Crippen molar-refractivity contribution in [2.75, 3.05) is 32.3 Å². The lowest BCUT2D eigenvalue weighted by Crippen LogP contribution is -2.21. The molecule has 0 fully saturated rings. The number of thiophene rings is 1. The van der Waals surface area contributed by atoms with E-state index in [1.165, 1.54) is 23.8 Å². The van der Waals surface area contributed by atoms with Crippen LogP contribution in [0.2, 0.25) is 0 Å². The molecule has 0 saturated carbocycles. The molecule has 0 unspecified atom stereocenters. The molecule has 2 heterocycles. The highest BCUT2D eigenvalue weighted by Crippen LogP contribution is 2.34. The summed E-state index contributed by atoms with van der Waals surface area (Å²) in [4.78, 5) is 39.3. The first-order chi connectivity index (χ1) is 17.0. The maximum absolute atomic E-state index is 12.7. The monoisotopic (exact) mass is 531 g/mol. The van der Waals surface area contributed by atoms with Crippen molar-refractivity contribution < 1.29 is 23.9 Å². The van der Waals surface area contributed by atoms with Crippen LogP contribution in [0.3, 0.4) is 0 Å². The van der Waals surface area contributed by atoms with Gasteiger partial charge in [0.1, 0.15) is 17.4 Å². The first kappa shape index (κ1) is 27.2. The number of nitrogens with one attached hydrogen (secondary N) is 1. The predicted molar refractivity (Wildman–Crippen MR) is 139 cm³/mol. The lowest BCUT2D eigenvalue weighted by atomic mass is 10.1. The maximum atomic E-state index is 12.7. The van der Waals surface area contributed by atoms with Crippen molar-refractivity contribution >= 4 is 45.9 Å². The summed E-state index contributed by atoms with van der Waals surface area (Å²) in [6.07, 6.45) is 0. The Morgan fingerprint density at radius 3 is 2.53 bits per heavy atom. The molecule has 12 heteroatoms. The zero-order chi connectivity index (χ0) is 26.6. The van der Waals surface area contributed by atoms with Crippen molar-refractivity contribution in [1.29, 1.82) is 0 Å². The minimum absolute atomic E-state index is 0.0262. The first-order valence-electron chi connectivity index (χ1n) is 11.0. The summed E-state index contributed by atoms with van der Waals surface area (Å²) in [6, 6.07) is 5.96. The molecule has 1 aromatic carbocycles. The van der Waals surface area contributed by atoms with E-state index in [0.717, 1.165) is 28.2 Å². The van der Waals surface area contributed by atoms with Gasteiger partial charge in [0.2, 0.25) is 5.91 Å². The minimum Gasteiger partial charge on any atom is -0.485 e. The maximum Gasteiger partial charge on any atom is 0.341 e. The third kappa shape index (κ3) is 6.05. The number of benzene rings is 1. The van der Waals surface area contributed by atoms with Crippen LogP contribution in [0.25, 0.3) is 0 Å². The Morgan fingerprint density at radius 2 is 1.89 bits per heavy atom. The molecule has 0 aliphatic heterocycles. The van der Waals surface area contributed by atoms with Crippen LogP contribution in [0.5, 0.6) is 5.75 Å². The van der Waals surface area contributed by atoms with Gasteiger partial charge in [-0.25, -0.2) is 4.79 Å². The summed E-state index contributed by atoms with van der Waals surface area (Å²) in [6.45, 7) is 5.90. The number of esters is 1. The average Bonchev–Trinajstić information content (AvgIpc) is 3.34. The molecule has 0 bridgehead atoms. The molecule has 0 aliphatic rings. The second kappa shape index (κ2) is 11.6. The van der Waals surface area contributed by atoms with E-state index in [0.29, 0.717) is 21.4 Å². The van der Waals surface area contributed by atoms with Gasteiger partial charge in [-0.15, -0.1) is 21.5 Å². The molecular formula is C24H29N5O5S2. The van der Waals surface area contributed by atoms with Gasteiger partial charge in [-0.2, -0.15) is 0 Å². The third-order valence-corrected chi connectivity index (χ3v) is 7.55. The van der Waals surface area contributed by atoms with E-state index in [1.807, 2.05) is 32.0 Å². The number of aromatic nitrogens is 3. The highest BCUT2D eigenvalue weighted by atomic mass is 32.2. The smallest absolute Gasteiger partial charge is 0.341 e. The molecule has 2 aromatic heterocycles. The zero-order valence-corrected chi connectivity index (χ0v) is 22.9. The van der Waals surface area contributed by atoms with Crippen molar-refractivity contribution in [3.05, 3.63) is 51.2 Å². The Balaban J connectivity index is 1.66. The molecular weight excluding hydrogens is 502 g/mol. The van der Waals surface area contributed by atoms with E-state index in [1.54, 1.807) is 32.6 Å². The summed E-state index contributed by atoms with van der Waals surface area (Å²) in [5.41, 5.74) is 2.84. The van der Waals surface area contributed by atoms with Crippen LogP contribution in [0.4, 0.5) is 5.00 Å². The largest absolute Gasteiger partial charge is 0.485 e. The summed E-state index contributed by atoms with van der Waals surface area (Å²) < 4.78 is 12.5. The van der Waals surface area contributed by atoms with Crippen molar-refractivity contribution in [2.24, 2.45) is 7.05 Å². The van der Waals surface area contributed by atoms with Crippen molar-refractivity contribution in [1.82, 2.24) is 19.7 Å². The van der Waals surface area contributed by atoms with Gasteiger partial charge in [0, 0.05) is 21.1 Å². The Kier molecular flexibility index (Phi) is 8.75. The molecule has 3 aromatic rings. The molecule has 1 N–H and O–H groups in total. The molecule has 36 heavy (non-hydrogen) atoms. The number of amides is 2. The highest BCUT2D eigenvalue weighted by Gasteiger charge is 2.27. The number of hydrogen-bond donors (Lipinski definition) is 1.